The number of amides is 1. The van der Waals surface area contributed by atoms with Gasteiger partial charge < -0.3 is 15.2 Å². The lowest BCUT2D eigenvalue weighted by molar-refractivity contribution is -0.144. The molecule has 0 aromatic heterocycles. The van der Waals surface area contributed by atoms with Crippen molar-refractivity contribution in [1.29, 1.82) is 0 Å². The number of carboxylic acids is 1. The molecule has 0 aliphatic heterocycles. The summed E-state index contributed by atoms with van der Waals surface area (Å²) in [5, 5.41) is 11.8. The molecular weight excluding hydrogens is 318 g/mol. The van der Waals surface area contributed by atoms with Gasteiger partial charge in [-0.15, -0.1) is 0 Å². The van der Waals surface area contributed by atoms with Crippen LogP contribution in [0.5, 0.6) is 5.75 Å². The lowest BCUT2D eigenvalue weighted by Gasteiger charge is -2.16. The molecule has 2 unspecified atom stereocenters. The maximum absolute atomic E-state index is 12.5. The molecule has 0 spiro atoms. The van der Waals surface area contributed by atoms with E-state index < -0.39 is 12.1 Å². The van der Waals surface area contributed by atoms with Crippen molar-refractivity contribution in [2.24, 2.45) is 0 Å². The number of carboxylic acid groups (broad SMARTS) is 1. The van der Waals surface area contributed by atoms with Gasteiger partial charge in [-0.1, -0.05) is 35.9 Å². The minimum absolute atomic E-state index is 0.134. The smallest absolute Gasteiger partial charge is 0.344 e. The molecular formula is C20H23NO4. The zero-order valence-electron chi connectivity index (χ0n) is 14.9. The van der Waals surface area contributed by atoms with Crippen LogP contribution < -0.4 is 10.1 Å². The Bertz CT molecular complexity index is 768. The zero-order valence-corrected chi connectivity index (χ0v) is 14.9. The average molecular weight is 341 g/mol. The standard InChI is InChI=1S/C20H23NO4/c1-12-5-8-16(9-6-12)14(3)19(22)21-17-10-7-13(2)18(11-17)25-15(4)20(23)24/h5-11,14-15H,1-4H3,(H,21,22)(H,23,24). The van der Waals surface area contributed by atoms with E-state index in [1.165, 1.54) is 6.92 Å². The van der Waals surface area contributed by atoms with Gasteiger partial charge in [-0.2, -0.15) is 0 Å². The van der Waals surface area contributed by atoms with Crippen LogP contribution in [0.1, 0.15) is 36.5 Å². The molecule has 132 valence electrons. The van der Waals surface area contributed by atoms with Crippen molar-refractivity contribution in [3.8, 4) is 5.75 Å². The monoisotopic (exact) mass is 341 g/mol. The van der Waals surface area contributed by atoms with E-state index in [1.54, 1.807) is 18.2 Å². The zero-order chi connectivity index (χ0) is 18.6. The quantitative estimate of drug-likeness (QED) is 0.835. The van der Waals surface area contributed by atoms with Crippen LogP contribution in [0, 0.1) is 13.8 Å². The number of anilines is 1. The van der Waals surface area contributed by atoms with Crippen LogP contribution in [-0.4, -0.2) is 23.1 Å². The molecule has 5 heteroatoms. The molecule has 0 bridgehead atoms. The van der Waals surface area contributed by atoms with Crippen molar-refractivity contribution in [1.82, 2.24) is 0 Å². The first-order valence-electron chi connectivity index (χ1n) is 8.15. The second-order valence-corrected chi connectivity index (χ2v) is 6.20. The Balaban J connectivity index is 2.12. The van der Waals surface area contributed by atoms with Crippen LogP contribution in [0.4, 0.5) is 5.69 Å². The first kappa shape index (κ1) is 18.5. The van der Waals surface area contributed by atoms with Gasteiger partial charge in [0.25, 0.3) is 0 Å². The summed E-state index contributed by atoms with van der Waals surface area (Å²) in [6.07, 6.45) is -0.962. The van der Waals surface area contributed by atoms with E-state index in [1.807, 2.05) is 45.0 Å². The maximum atomic E-state index is 12.5. The third-order valence-electron chi connectivity index (χ3n) is 4.08. The van der Waals surface area contributed by atoms with Crippen molar-refractivity contribution in [3.63, 3.8) is 0 Å². The fourth-order valence-electron chi connectivity index (χ4n) is 2.30. The van der Waals surface area contributed by atoms with E-state index in [0.29, 0.717) is 11.4 Å². The first-order valence-corrected chi connectivity index (χ1v) is 8.15. The number of hydrogen-bond donors (Lipinski definition) is 2. The largest absolute Gasteiger partial charge is 0.479 e. The molecule has 25 heavy (non-hydrogen) atoms. The molecule has 2 rings (SSSR count). The Labute approximate surface area is 147 Å². The molecule has 0 aliphatic carbocycles. The van der Waals surface area contributed by atoms with Crippen LogP contribution >= 0.6 is 0 Å². The lowest BCUT2D eigenvalue weighted by Crippen LogP contribution is -2.23. The third-order valence-corrected chi connectivity index (χ3v) is 4.08. The predicted octanol–water partition coefficient (Wildman–Crippen LogP) is 3.90. The molecule has 2 aromatic rings. The van der Waals surface area contributed by atoms with Crippen molar-refractivity contribution in [2.75, 3.05) is 5.32 Å². The van der Waals surface area contributed by atoms with Crippen molar-refractivity contribution >= 4 is 17.6 Å². The summed E-state index contributed by atoms with van der Waals surface area (Å²) in [6, 6.07) is 13.0. The normalized spacial score (nSPS) is 13.0. The van der Waals surface area contributed by atoms with Crippen molar-refractivity contribution in [3.05, 3.63) is 59.2 Å². The molecule has 0 aliphatic rings. The molecule has 2 atom stereocenters. The van der Waals surface area contributed by atoms with Gasteiger partial charge in [0.15, 0.2) is 6.10 Å². The van der Waals surface area contributed by atoms with E-state index in [4.69, 9.17) is 9.84 Å². The average Bonchev–Trinajstić information content (AvgIpc) is 2.57. The number of ether oxygens (including phenoxy) is 1. The van der Waals surface area contributed by atoms with Gasteiger partial charge in [0.1, 0.15) is 5.75 Å². The molecule has 2 aromatic carbocycles. The second-order valence-electron chi connectivity index (χ2n) is 6.20. The van der Waals surface area contributed by atoms with E-state index in [2.05, 4.69) is 5.32 Å². The second kappa shape index (κ2) is 7.83. The summed E-state index contributed by atoms with van der Waals surface area (Å²) in [6.45, 7) is 7.13. The molecule has 5 nitrogen and oxygen atoms in total. The number of carbonyl (C=O) groups excluding carboxylic acids is 1. The van der Waals surface area contributed by atoms with Gasteiger partial charge in [-0.25, -0.2) is 4.79 Å². The topological polar surface area (TPSA) is 75.6 Å². The van der Waals surface area contributed by atoms with Crippen molar-refractivity contribution in [2.45, 2.75) is 39.7 Å². The predicted molar refractivity (Wildman–Crippen MR) is 97.1 cm³/mol. The number of benzene rings is 2. The summed E-state index contributed by atoms with van der Waals surface area (Å²) in [5.74, 6) is -1.04. The Morgan fingerprint density at radius 2 is 1.68 bits per heavy atom. The van der Waals surface area contributed by atoms with Crippen molar-refractivity contribution < 1.29 is 19.4 Å². The molecule has 0 radical (unpaired) electrons. The van der Waals surface area contributed by atoms with Gasteiger partial charge in [-0.3, -0.25) is 4.79 Å². The fraction of sp³-hybridized carbons (Fsp3) is 0.300. The van der Waals surface area contributed by atoms with Crippen LogP contribution in [0.25, 0.3) is 0 Å². The van der Waals surface area contributed by atoms with E-state index >= 15 is 0 Å². The van der Waals surface area contributed by atoms with Crippen LogP contribution in [-0.2, 0) is 9.59 Å². The van der Waals surface area contributed by atoms with Gasteiger partial charge in [0, 0.05) is 11.8 Å². The minimum atomic E-state index is -1.04. The number of aryl methyl sites for hydroxylation is 2. The number of aliphatic carboxylic acids is 1. The Morgan fingerprint density at radius 3 is 2.28 bits per heavy atom. The SMILES string of the molecule is Cc1ccc(C(C)C(=O)Nc2ccc(C)c(OC(C)C(=O)O)c2)cc1. The first-order chi connectivity index (χ1) is 11.8. The van der Waals surface area contributed by atoms with Crippen LogP contribution in [0.2, 0.25) is 0 Å². The van der Waals surface area contributed by atoms with Gasteiger partial charge in [0.05, 0.1) is 5.92 Å². The molecule has 0 heterocycles. The molecule has 0 fully saturated rings. The van der Waals surface area contributed by atoms with E-state index in [9.17, 15) is 9.59 Å². The fourth-order valence-corrected chi connectivity index (χ4v) is 2.30. The highest BCUT2D eigenvalue weighted by Crippen LogP contribution is 2.25. The van der Waals surface area contributed by atoms with E-state index in [-0.39, 0.29) is 11.8 Å². The Kier molecular flexibility index (Phi) is 5.80. The van der Waals surface area contributed by atoms with Crippen LogP contribution in [0.15, 0.2) is 42.5 Å². The maximum Gasteiger partial charge on any atom is 0.344 e. The number of rotatable bonds is 6. The van der Waals surface area contributed by atoms with Gasteiger partial charge in [-0.05, 0) is 44.9 Å². The summed E-state index contributed by atoms with van der Waals surface area (Å²) >= 11 is 0. The Morgan fingerprint density at radius 1 is 1.04 bits per heavy atom. The highest BCUT2D eigenvalue weighted by Gasteiger charge is 2.17. The number of hydrogen-bond acceptors (Lipinski definition) is 3. The van der Waals surface area contributed by atoms with Gasteiger partial charge in [0.2, 0.25) is 5.91 Å². The molecule has 0 saturated carbocycles. The van der Waals surface area contributed by atoms with Gasteiger partial charge >= 0.3 is 5.97 Å². The van der Waals surface area contributed by atoms with E-state index in [0.717, 1.165) is 16.7 Å². The summed E-state index contributed by atoms with van der Waals surface area (Å²) in [4.78, 5) is 23.4. The number of nitrogens with one attached hydrogen (secondary N) is 1. The lowest BCUT2D eigenvalue weighted by atomic mass is 9.99. The molecule has 2 N–H and O–H groups in total. The summed E-state index contributed by atoms with van der Waals surface area (Å²) in [7, 11) is 0. The third kappa shape index (κ3) is 4.83. The Hall–Kier alpha value is -2.82. The molecule has 1 amide bonds. The summed E-state index contributed by atoms with van der Waals surface area (Å²) < 4.78 is 5.44. The number of carbonyl (C=O) groups is 2. The highest BCUT2D eigenvalue weighted by atomic mass is 16.5. The van der Waals surface area contributed by atoms with Crippen LogP contribution in [0.3, 0.4) is 0 Å². The minimum Gasteiger partial charge on any atom is -0.479 e. The highest BCUT2D eigenvalue weighted by molar-refractivity contribution is 5.95. The summed E-state index contributed by atoms with van der Waals surface area (Å²) in [5.41, 5.74) is 3.45. The molecule has 0 saturated heterocycles.